The Morgan fingerprint density at radius 2 is 1.89 bits per heavy atom. The number of amides is 4. The summed E-state index contributed by atoms with van der Waals surface area (Å²) in [6.07, 6.45) is 3.86. The Kier molecular flexibility index (Phi) is 5.85. The van der Waals surface area contributed by atoms with Crippen LogP contribution in [0.4, 0.5) is 4.79 Å². The summed E-state index contributed by atoms with van der Waals surface area (Å²) in [6.45, 7) is 6.40. The van der Waals surface area contributed by atoms with E-state index in [2.05, 4.69) is 5.32 Å². The lowest BCUT2D eigenvalue weighted by Crippen LogP contribution is -2.59. The number of imide groups is 1. The van der Waals surface area contributed by atoms with E-state index in [0.29, 0.717) is 36.5 Å². The zero-order valence-corrected chi connectivity index (χ0v) is 21.1. The number of nitrogens with zero attached hydrogens (tertiary/aromatic N) is 3. The minimum atomic E-state index is -1.25. The Hall–Kier alpha value is -3.01. The highest BCUT2D eigenvalue weighted by Gasteiger charge is 2.57. The number of aromatic nitrogens is 1. The molecular weight excluding hydrogens is 464 g/mol. The topological polar surface area (TPSA) is 129 Å². The van der Waals surface area contributed by atoms with E-state index in [1.165, 1.54) is 4.90 Å². The molecule has 1 aliphatic carbocycles. The fraction of sp³-hybridized carbons (Fsp3) is 0.654. The summed E-state index contributed by atoms with van der Waals surface area (Å²) in [7, 11) is 0. The van der Waals surface area contributed by atoms with E-state index in [-0.39, 0.29) is 37.3 Å². The van der Waals surface area contributed by atoms with Crippen molar-refractivity contribution < 1.29 is 29.0 Å². The SMILES string of the molecule is CC(C)(C)OC(=O)N1CCC(O)(c2ccc3c(n2)CN(C2CCC(=O)NC2=O)C3=O)C2(CCCC2)C1. The van der Waals surface area contributed by atoms with Crippen LogP contribution in [0.5, 0.6) is 0 Å². The van der Waals surface area contributed by atoms with Crippen molar-refractivity contribution >= 4 is 23.8 Å². The molecule has 1 spiro atoms. The van der Waals surface area contributed by atoms with Gasteiger partial charge in [-0.2, -0.15) is 0 Å². The first-order valence-corrected chi connectivity index (χ1v) is 12.8. The molecule has 10 nitrogen and oxygen atoms in total. The lowest BCUT2D eigenvalue weighted by atomic mass is 9.64. The number of ether oxygens (including phenoxy) is 1. The number of fused-ring (bicyclic) bond motifs is 1. The van der Waals surface area contributed by atoms with Gasteiger partial charge in [-0.05, 0) is 52.2 Å². The summed E-state index contributed by atoms with van der Waals surface area (Å²) < 4.78 is 5.60. The van der Waals surface area contributed by atoms with Crippen LogP contribution in [-0.2, 0) is 26.5 Å². The first kappa shape index (κ1) is 24.7. The van der Waals surface area contributed by atoms with Crippen molar-refractivity contribution in [3.05, 3.63) is 29.1 Å². The van der Waals surface area contributed by atoms with Crippen LogP contribution < -0.4 is 5.32 Å². The highest BCUT2D eigenvalue weighted by atomic mass is 16.6. The van der Waals surface area contributed by atoms with Crippen LogP contribution in [0.3, 0.4) is 0 Å². The lowest BCUT2D eigenvalue weighted by Gasteiger charge is -2.51. The average Bonchev–Trinajstić information content (AvgIpc) is 3.40. The molecule has 5 rings (SSSR count). The monoisotopic (exact) mass is 498 g/mol. The molecule has 2 saturated heterocycles. The largest absolute Gasteiger partial charge is 0.444 e. The second-order valence-corrected chi connectivity index (χ2v) is 11.6. The van der Waals surface area contributed by atoms with Crippen molar-refractivity contribution in [3.63, 3.8) is 0 Å². The molecule has 2 N–H and O–H groups in total. The van der Waals surface area contributed by atoms with Gasteiger partial charge in [-0.3, -0.25) is 24.7 Å². The van der Waals surface area contributed by atoms with Crippen LogP contribution in [0.1, 0.15) is 87.5 Å². The van der Waals surface area contributed by atoms with Gasteiger partial charge in [0.1, 0.15) is 17.2 Å². The van der Waals surface area contributed by atoms with E-state index < -0.39 is 28.6 Å². The number of carbonyl (C=O) groups is 4. The second-order valence-electron chi connectivity index (χ2n) is 11.6. The molecule has 10 heteroatoms. The number of hydrogen-bond donors (Lipinski definition) is 2. The smallest absolute Gasteiger partial charge is 0.410 e. The molecule has 3 fully saturated rings. The average molecular weight is 499 g/mol. The van der Waals surface area contributed by atoms with Crippen molar-refractivity contribution in [1.82, 2.24) is 20.1 Å². The maximum atomic E-state index is 13.1. The Morgan fingerprint density at radius 3 is 2.56 bits per heavy atom. The number of rotatable bonds is 2. The number of hydrogen-bond acceptors (Lipinski definition) is 7. The summed E-state index contributed by atoms with van der Waals surface area (Å²) in [5, 5.41) is 14.5. The van der Waals surface area contributed by atoms with Crippen molar-refractivity contribution in [1.29, 1.82) is 0 Å². The van der Waals surface area contributed by atoms with Crippen molar-refractivity contribution in [2.75, 3.05) is 13.1 Å². The fourth-order valence-electron chi connectivity index (χ4n) is 6.31. The van der Waals surface area contributed by atoms with Crippen LogP contribution in [0.25, 0.3) is 0 Å². The number of likely N-dealkylation sites (tertiary alicyclic amines) is 1. The second kappa shape index (κ2) is 8.54. The molecule has 1 saturated carbocycles. The van der Waals surface area contributed by atoms with Crippen molar-refractivity contribution in [2.45, 2.75) is 89.5 Å². The maximum absolute atomic E-state index is 13.1. The highest BCUT2D eigenvalue weighted by Crippen LogP contribution is 2.55. The van der Waals surface area contributed by atoms with Gasteiger partial charge in [0.2, 0.25) is 11.8 Å². The molecule has 0 bridgehead atoms. The lowest BCUT2D eigenvalue weighted by molar-refractivity contribution is -0.140. The summed E-state index contributed by atoms with van der Waals surface area (Å²) >= 11 is 0. The third-order valence-electron chi connectivity index (χ3n) is 8.12. The number of carbonyl (C=O) groups excluding carboxylic acids is 4. The van der Waals surface area contributed by atoms with Gasteiger partial charge in [-0.25, -0.2) is 4.79 Å². The number of piperidine rings is 2. The summed E-state index contributed by atoms with van der Waals surface area (Å²) in [4.78, 5) is 57.8. The predicted molar refractivity (Wildman–Crippen MR) is 128 cm³/mol. The molecule has 2 unspecified atom stereocenters. The molecule has 1 aromatic heterocycles. The maximum Gasteiger partial charge on any atom is 0.410 e. The first-order chi connectivity index (χ1) is 16.9. The Morgan fingerprint density at radius 1 is 1.17 bits per heavy atom. The van der Waals surface area contributed by atoms with Gasteiger partial charge in [0.25, 0.3) is 5.91 Å². The third kappa shape index (κ3) is 4.05. The minimum Gasteiger partial charge on any atom is -0.444 e. The Bertz CT molecular complexity index is 1120. The fourth-order valence-corrected chi connectivity index (χ4v) is 6.31. The number of aliphatic hydroxyl groups is 1. The van der Waals surface area contributed by atoms with Gasteiger partial charge in [-0.1, -0.05) is 12.8 Å². The normalized spacial score (nSPS) is 27.9. The molecule has 194 valence electrons. The molecular formula is C26H34N4O6. The van der Waals surface area contributed by atoms with Gasteiger partial charge in [0.05, 0.1) is 23.5 Å². The summed E-state index contributed by atoms with van der Waals surface area (Å²) in [5.41, 5.74) is -0.949. The van der Waals surface area contributed by atoms with Crippen molar-refractivity contribution in [2.24, 2.45) is 5.41 Å². The molecule has 4 heterocycles. The number of pyridine rings is 1. The van der Waals surface area contributed by atoms with Gasteiger partial charge in [-0.15, -0.1) is 0 Å². The minimum absolute atomic E-state index is 0.154. The van der Waals surface area contributed by atoms with E-state index in [1.54, 1.807) is 17.0 Å². The van der Waals surface area contributed by atoms with Crippen LogP contribution in [0, 0.1) is 5.41 Å². The van der Waals surface area contributed by atoms with Crippen LogP contribution in [0.15, 0.2) is 12.1 Å². The van der Waals surface area contributed by atoms with Gasteiger partial charge in [0.15, 0.2) is 0 Å². The Balaban J connectivity index is 1.41. The number of nitrogens with one attached hydrogen (secondary N) is 1. The molecule has 3 aliphatic heterocycles. The first-order valence-electron chi connectivity index (χ1n) is 12.8. The van der Waals surface area contributed by atoms with Crippen LogP contribution in [0.2, 0.25) is 0 Å². The van der Waals surface area contributed by atoms with E-state index in [4.69, 9.17) is 9.72 Å². The van der Waals surface area contributed by atoms with E-state index >= 15 is 0 Å². The quantitative estimate of drug-likeness (QED) is 0.598. The zero-order valence-electron chi connectivity index (χ0n) is 21.1. The summed E-state index contributed by atoms with van der Waals surface area (Å²) in [6, 6.07) is 2.69. The molecule has 4 amide bonds. The highest BCUT2D eigenvalue weighted by molar-refractivity contribution is 6.05. The Labute approximate surface area is 210 Å². The molecule has 1 aromatic rings. The molecule has 4 aliphatic rings. The molecule has 2 atom stereocenters. The van der Waals surface area contributed by atoms with E-state index in [0.717, 1.165) is 25.7 Å². The van der Waals surface area contributed by atoms with E-state index in [1.807, 2.05) is 20.8 Å². The molecule has 0 radical (unpaired) electrons. The van der Waals surface area contributed by atoms with Crippen LogP contribution in [-0.4, -0.2) is 68.4 Å². The predicted octanol–water partition coefficient (Wildman–Crippen LogP) is 2.23. The van der Waals surface area contributed by atoms with Gasteiger partial charge < -0.3 is 19.6 Å². The third-order valence-corrected chi connectivity index (χ3v) is 8.12. The van der Waals surface area contributed by atoms with Crippen molar-refractivity contribution in [3.8, 4) is 0 Å². The van der Waals surface area contributed by atoms with Crippen LogP contribution >= 0.6 is 0 Å². The standard InChI is InChI=1S/C26H34N4O6/c1-24(2,3)36-23(34)29-13-12-26(35,25(15-29)10-4-5-11-25)19-8-6-16-17(27-19)14-30(22(16)33)18-7-9-20(31)28-21(18)32/h6,8,18,35H,4-5,7,9-15H2,1-3H3,(H,28,31,32). The van der Waals surface area contributed by atoms with Gasteiger partial charge >= 0.3 is 6.09 Å². The molecule has 36 heavy (non-hydrogen) atoms. The van der Waals surface area contributed by atoms with E-state index in [9.17, 15) is 24.3 Å². The zero-order chi connectivity index (χ0) is 25.9. The van der Waals surface area contributed by atoms with Gasteiger partial charge in [0, 0.05) is 31.3 Å². The molecule has 0 aromatic carbocycles. The summed E-state index contributed by atoms with van der Waals surface area (Å²) in [5.74, 6) is -1.09.